The van der Waals surface area contributed by atoms with Crippen molar-refractivity contribution in [2.45, 2.75) is 33.2 Å². The largest absolute Gasteiger partial charge is 0.464 e. The summed E-state index contributed by atoms with van der Waals surface area (Å²) in [5.41, 5.74) is 8.35. The molecule has 0 aromatic carbocycles. The van der Waals surface area contributed by atoms with Crippen molar-refractivity contribution in [1.82, 2.24) is 19.3 Å². The molecule has 2 aromatic heterocycles. The van der Waals surface area contributed by atoms with Crippen LogP contribution in [-0.2, 0) is 31.2 Å². The molecule has 0 spiro atoms. The zero-order valence-corrected chi connectivity index (χ0v) is 12.9. The third kappa shape index (κ3) is 2.76. The van der Waals surface area contributed by atoms with Gasteiger partial charge in [-0.25, -0.2) is 9.78 Å². The van der Waals surface area contributed by atoms with Crippen LogP contribution in [-0.4, -0.2) is 32.4 Å². The van der Waals surface area contributed by atoms with Crippen molar-refractivity contribution < 1.29 is 9.53 Å². The fourth-order valence-corrected chi connectivity index (χ4v) is 2.39. The Bertz CT molecular complexity index is 657. The number of rotatable bonds is 5. The molecule has 2 heterocycles. The van der Waals surface area contributed by atoms with E-state index >= 15 is 0 Å². The molecular formula is C14H21N5O2. The van der Waals surface area contributed by atoms with Gasteiger partial charge in [0, 0.05) is 25.2 Å². The van der Waals surface area contributed by atoms with Crippen LogP contribution in [0, 0.1) is 0 Å². The van der Waals surface area contributed by atoms with Crippen LogP contribution < -0.4 is 5.73 Å². The summed E-state index contributed by atoms with van der Waals surface area (Å²) < 4.78 is 8.35. The van der Waals surface area contributed by atoms with E-state index in [2.05, 4.69) is 17.0 Å². The molecule has 0 amide bonds. The molecule has 114 valence electrons. The van der Waals surface area contributed by atoms with Crippen molar-refractivity contribution in [3.8, 4) is 0 Å². The predicted octanol–water partition coefficient (Wildman–Crippen LogP) is 1.16. The number of anilines is 1. The Labute approximate surface area is 123 Å². The zero-order valence-electron chi connectivity index (χ0n) is 12.9. The summed E-state index contributed by atoms with van der Waals surface area (Å²) >= 11 is 0. The number of esters is 1. The van der Waals surface area contributed by atoms with Crippen LogP contribution in [0.3, 0.4) is 0 Å². The average Bonchev–Trinajstić information content (AvgIpc) is 2.99. The van der Waals surface area contributed by atoms with Gasteiger partial charge >= 0.3 is 5.97 Å². The van der Waals surface area contributed by atoms with Crippen LogP contribution in [0.25, 0.3) is 0 Å². The smallest absolute Gasteiger partial charge is 0.360 e. The van der Waals surface area contributed by atoms with Crippen LogP contribution in [0.4, 0.5) is 5.82 Å². The van der Waals surface area contributed by atoms with Gasteiger partial charge in [0.2, 0.25) is 0 Å². The number of carbonyl (C=O) groups excluding carboxylic acids is 1. The van der Waals surface area contributed by atoms with Gasteiger partial charge in [-0.15, -0.1) is 0 Å². The van der Waals surface area contributed by atoms with Crippen molar-refractivity contribution in [3.63, 3.8) is 0 Å². The number of hydrogen-bond donors (Lipinski definition) is 1. The monoisotopic (exact) mass is 291 g/mol. The maximum atomic E-state index is 11.7. The topological polar surface area (TPSA) is 88.0 Å². The molecule has 21 heavy (non-hydrogen) atoms. The molecule has 0 bridgehead atoms. The Hall–Kier alpha value is -2.31. The quantitative estimate of drug-likeness (QED) is 0.835. The number of aromatic nitrogens is 4. The van der Waals surface area contributed by atoms with Crippen molar-refractivity contribution in [3.05, 3.63) is 29.0 Å². The van der Waals surface area contributed by atoms with Gasteiger partial charge in [0.25, 0.3) is 0 Å². The number of aryl methyl sites for hydroxylation is 3. The Morgan fingerprint density at radius 3 is 2.67 bits per heavy atom. The average molecular weight is 291 g/mol. The molecule has 7 heteroatoms. The van der Waals surface area contributed by atoms with Gasteiger partial charge in [-0.1, -0.05) is 13.8 Å². The first kappa shape index (κ1) is 15.1. The lowest BCUT2D eigenvalue weighted by Crippen LogP contribution is -2.10. The molecule has 0 aliphatic rings. The first-order valence-electron chi connectivity index (χ1n) is 6.96. The van der Waals surface area contributed by atoms with E-state index in [4.69, 9.17) is 10.5 Å². The number of nitrogens with zero attached hydrogens (tertiary/aromatic N) is 4. The second-order valence-corrected chi connectivity index (χ2v) is 4.82. The number of hydrogen-bond acceptors (Lipinski definition) is 5. The van der Waals surface area contributed by atoms with E-state index in [1.165, 1.54) is 7.11 Å². The summed E-state index contributed by atoms with van der Waals surface area (Å²) in [7, 11) is 3.21. The predicted molar refractivity (Wildman–Crippen MR) is 79.0 cm³/mol. The summed E-state index contributed by atoms with van der Waals surface area (Å²) in [5.74, 6) is 0.589. The number of carbonyl (C=O) groups is 1. The summed E-state index contributed by atoms with van der Waals surface area (Å²) in [6.45, 7) is 4.59. The SMILES string of the molecule is CCc1nn(C)cc1Cn1c(CC)nc(C(=O)OC)c1N. The van der Waals surface area contributed by atoms with E-state index in [1.54, 1.807) is 4.68 Å². The molecule has 0 saturated carbocycles. The lowest BCUT2D eigenvalue weighted by Gasteiger charge is -2.08. The third-order valence-corrected chi connectivity index (χ3v) is 3.44. The molecule has 2 aromatic rings. The molecule has 0 radical (unpaired) electrons. The highest BCUT2D eigenvalue weighted by Crippen LogP contribution is 2.19. The molecule has 0 unspecified atom stereocenters. The summed E-state index contributed by atoms with van der Waals surface area (Å²) in [6, 6.07) is 0. The van der Waals surface area contributed by atoms with Gasteiger partial charge in [-0.2, -0.15) is 5.10 Å². The molecule has 0 atom stereocenters. The van der Waals surface area contributed by atoms with Crippen molar-refractivity contribution in [1.29, 1.82) is 0 Å². The van der Waals surface area contributed by atoms with Gasteiger partial charge in [0.05, 0.1) is 19.3 Å². The minimum Gasteiger partial charge on any atom is -0.464 e. The van der Waals surface area contributed by atoms with Crippen LogP contribution in [0.15, 0.2) is 6.20 Å². The number of imidazole rings is 1. The highest BCUT2D eigenvalue weighted by molar-refractivity contribution is 5.92. The van der Waals surface area contributed by atoms with Crippen molar-refractivity contribution in [2.75, 3.05) is 12.8 Å². The zero-order chi connectivity index (χ0) is 15.6. The molecular weight excluding hydrogens is 270 g/mol. The molecule has 2 rings (SSSR count). The molecule has 0 saturated heterocycles. The molecule has 0 fully saturated rings. The molecule has 2 N–H and O–H groups in total. The first-order chi connectivity index (χ1) is 10.0. The Morgan fingerprint density at radius 1 is 1.38 bits per heavy atom. The van der Waals surface area contributed by atoms with Crippen LogP contribution in [0.1, 0.15) is 41.4 Å². The molecule has 0 aliphatic carbocycles. The van der Waals surface area contributed by atoms with Gasteiger partial charge in [0.1, 0.15) is 11.6 Å². The lowest BCUT2D eigenvalue weighted by atomic mass is 10.2. The van der Waals surface area contributed by atoms with Crippen molar-refractivity contribution >= 4 is 11.8 Å². The maximum absolute atomic E-state index is 11.7. The van der Waals surface area contributed by atoms with E-state index in [-0.39, 0.29) is 5.69 Å². The van der Waals surface area contributed by atoms with E-state index in [1.807, 2.05) is 24.7 Å². The summed E-state index contributed by atoms with van der Waals surface area (Å²) in [4.78, 5) is 16.0. The normalized spacial score (nSPS) is 10.9. The lowest BCUT2D eigenvalue weighted by molar-refractivity contribution is 0.0595. The minimum absolute atomic E-state index is 0.177. The highest BCUT2D eigenvalue weighted by Gasteiger charge is 2.21. The van der Waals surface area contributed by atoms with Crippen molar-refractivity contribution in [2.24, 2.45) is 7.05 Å². The number of nitrogen functional groups attached to an aromatic ring is 1. The van der Waals surface area contributed by atoms with Gasteiger partial charge < -0.3 is 15.0 Å². The maximum Gasteiger partial charge on any atom is 0.360 e. The second kappa shape index (κ2) is 5.99. The molecule has 7 nitrogen and oxygen atoms in total. The fraction of sp³-hybridized carbons (Fsp3) is 0.500. The second-order valence-electron chi connectivity index (χ2n) is 4.82. The van der Waals surface area contributed by atoms with E-state index < -0.39 is 5.97 Å². The van der Waals surface area contributed by atoms with Crippen LogP contribution in [0.2, 0.25) is 0 Å². The van der Waals surface area contributed by atoms with Gasteiger partial charge in [-0.3, -0.25) is 4.68 Å². The van der Waals surface area contributed by atoms with E-state index in [0.717, 1.165) is 23.5 Å². The summed E-state index contributed by atoms with van der Waals surface area (Å²) in [5, 5.41) is 4.42. The third-order valence-electron chi connectivity index (χ3n) is 3.44. The van der Waals surface area contributed by atoms with E-state index in [9.17, 15) is 4.79 Å². The fourth-order valence-electron chi connectivity index (χ4n) is 2.39. The number of nitrogens with two attached hydrogens (primary N) is 1. The molecule has 0 aliphatic heterocycles. The van der Waals surface area contributed by atoms with Gasteiger partial charge in [-0.05, 0) is 6.42 Å². The van der Waals surface area contributed by atoms with Gasteiger partial charge in [0.15, 0.2) is 5.69 Å². The summed E-state index contributed by atoms with van der Waals surface area (Å²) in [6.07, 6.45) is 3.49. The Morgan fingerprint density at radius 2 is 2.10 bits per heavy atom. The Balaban J connectivity index is 2.43. The number of methoxy groups -OCH3 is 1. The minimum atomic E-state index is -0.511. The first-order valence-corrected chi connectivity index (χ1v) is 6.96. The van der Waals surface area contributed by atoms with E-state index in [0.29, 0.717) is 18.8 Å². The van der Waals surface area contributed by atoms with Crippen LogP contribution >= 0.6 is 0 Å². The highest BCUT2D eigenvalue weighted by atomic mass is 16.5. The Kier molecular flexibility index (Phi) is 4.30. The van der Waals surface area contributed by atoms with Crippen LogP contribution in [0.5, 0.6) is 0 Å². The number of ether oxygens (including phenoxy) is 1. The standard InChI is InChI=1S/C14H21N5O2/c1-5-10-9(7-18(3)17-10)8-19-11(6-2)16-12(13(19)15)14(20)21-4/h7H,5-6,8,15H2,1-4H3.